The van der Waals surface area contributed by atoms with Crippen LogP contribution in [0.4, 0.5) is 5.69 Å². The number of aryl methyl sites for hydroxylation is 1. The molecular formula is C15H16N2O. The highest BCUT2D eigenvalue weighted by molar-refractivity contribution is 5.84. The SMILES string of the molecule is Cc1cccc(NC(C(N)=O)c2ccccc2)c1. The fourth-order valence-corrected chi connectivity index (χ4v) is 1.87. The van der Waals surface area contributed by atoms with Gasteiger partial charge in [-0.25, -0.2) is 0 Å². The molecular weight excluding hydrogens is 224 g/mol. The van der Waals surface area contributed by atoms with E-state index < -0.39 is 6.04 Å². The second-order valence-corrected chi connectivity index (χ2v) is 4.26. The Morgan fingerprint density at radius 3 is 2.44 bits per heavy atom. The van der Waals surface area contributed by atoms with Crippen LogP contribution in [0.1, 0.15) is 17.2 Å². The van der Waals surface area contributed by atoms with Crippen LogP contribution in [0.25, 0.3) is 0 Å². The van der Waals surface area contributed by atoms with Gasteiger partial charge < -0.3 is 11.1 Å². The molecule has 0 aliphatic carbocycles. The molecule has 3 N–H and O–H groups in total. The summed E-state index contributed by atoms with van der Waals surface area (Å²) in [4.78, 5) is 11.5. The van der Waals surface area contributed by atoms with E-state index in [0.717, 1.165) is 16.8 Å². The zero-order valence-electron chi connectivity index (χ0n) is 10.3. The summed E-state index contributed by atoms with van der Waals surface area (Å²) in [6.07, 6.45) is 0. The first kappa shape index (κ1) is 12.2. The van der Waals surface area contributed by atoms with Gasteiger partial charge >= 0.3 is 0 Å². The molecule has 0 bridgehead atoms. The highest BCUT2D eigenvalue weighted by Gasteiger charge is 2.16. The van der Waals surface area contributed by atoms with Gasteiger partial charge in [0.2, 0.25) is 5.91 Å². The molecule has 0 fully saturated rings. The van der Waals surface area contributed by atoms with Crippen molar-refractivity contribution in [3.8, 4) is 0 Å². The van der Waals surface area contributed by atoms with Crippen molar-refractivity contribution in [2.24, 2.45) is 5.73 Å². The first-order valence-corrected chi connectivity index (χ1v) is 5.84. The highest BCUT2D eigenvalue weighted by atomic mass is 16.1. The zero-order valence-corrected chi connectivity index (χ0v) is 10.3. The lowest BCUT2D eigenvalue weighted by atomic mass is 10.1. The van der Waals surface area contributed by atoms with E-state index in [2.05, 4.69) is 5.32 Å². The van der Waals surface area contributed by atoms with Gasteiger partial charge in [0.1, 0.15) is 6.04 Å². The van der Waals surface area contributed by atoms with Crippen LogP contribution in [0.2, 0.25) is 0 Å². The molecule has 1 unspecified atom stereocenters. The molecule has 3 nitrogen and oxygen atoms in total. The van der Waals surface area contributed by atoms with Crippen LogP contribution in [-0.4, -0.2) is 5.91 Å². The fourth-order valence-electron chi connectivity index (χ4n) is 1.87. The van der Waals surface area contributed by atoms with E-state index in [0.29, 0.717) is 0 Å². The lowest BCUT2D eigenvalue weighted by Gasteiger charge is -2.17. The highest BCUT2D eigenvalue weighted by Crippen LogP contribution is 2.19. The summed E-state index contributed by atoms with van der Waals surface area (Å²) in [7, 11) is 0. The second-order valence-electron chi connectivity index (χ2n) is 4.26. The van der Waals surface area contributed by atoms with E-state index in [1.54, 1.807) is 0 Å². The molecule has 1 atom stereocenters. The van der Waals surface area contributed by atoms with Crippen LogP contribution in [0.5, 0.6) is 0 Å². The minimum atomic E-state index is -0.506. The second kappa shape index (κ2) is 5.36. The van der Waals surface area contributed by atoms with E-state index in [4.69, 9.17) is 5.73 Å². The van der Waals surface area contributed by atoms with Crippen LogP contribution < -0.4 is 11.1 Å². The molecule has 0 saturated carbocycles. The van der Waals surface area contributed by atoms with Gasteiger partial charge in [-0.15, -0.1) is 0 Å². The van der Waals surface area contributed by atoms with Crippen molar-refractivity contribution < 1.29 is 4.79 Å². The van der Waals surface area contributed by atoms with E-state index in [1.165, 1.54) is 0 Å². The van der Waals surface area contributed by atoms with Crippen molar-refractivity contribution in [2.75, 3.05) is 5.32 Å². The van der Waals surface area contributed by atoms with Gasteiger partial charge in [-0.2, -0.15) is 0 Å². The predicted octanol–water partition coefficient (Wildman–Crippen LogP) is 2.63. The Kier molecular flexibility index (Phi) is 3.63. The minimum Gasteiger partial charge on any atom is -0.370 e. The average molecular weight is 240 g/mol. The van der Waals surface area contributed by atoms with E-state index >= 15 is 0 Å². The van der Waals surface area contributed by atoms with Crippen molar-refractivity contribution in [3.05, 3.63) is 65.7 Å². The summed E-state index contributed by atoms with van der Waals surface area (Å²) < 4.78 is 0. The third-order valence-corrected chi connectivity index (χ3v) is 2.75. The fraction of sp³-hybridized carbons (Fsp3) is 0.133. The summed E-state index contributed by atoms with van der Waals surface area (Å²) in [6, 6.07) is 16.8. The summed E-state index contributed by atoms with van der Waals surface area (Å²) in [5.74, 6) is -0.386. The van der Waals surface area contributed by atoms with Crippen LogP contribution in [0.15, 0.2) is 54.6 Å². The van der Waals surface area contributed by atoms with E-state index in [-0.39, 0.29) is 5.91 Å². The summed E-state index contributed by atoms with van der Waals surface area (Å²) in [5, 5.41) is 3.16. The molecule has 0 radical (unpaired) electrons. The maximum atomic E-state index is 11.5. The summed E-state index contributed by atoms with van der Waals surface area (Å²) in [6.45, 7) is 2.01. The van der Waals surface area contributed by atoms with Crippen molar-refractivity contribution in [2.45, 2.75) is 13.0 Å². The van der Waals surface area contributed by atoms with Crippen molar-refractivity contribution in [1.82, 2.24) is 0 Å². The van der Waals surface area contributed by atoms with Crippen molar-refractivity contribution in [3.63, 3.8) is 0 Å². The number of hydrogen-bond acceptors (Lipinski definition) is 2. The Morgan fingerprint density at radius 1 is 1.11 bits per heavy atom. The maximum absolute atomic E-state index is 11.5. The number of benzene rings is 2. The number of carbonyl (C=O) groups is 1. The largest absolute Gasteiger partial charge is 0.370 e. The quantitative estimate of drug-likeness (QED) is 0.863. The third-order valence-electron chi connectivity index (χ3n) is 2.75. The molecule has 3 heteroatoms. The van der Waals surface area contributed by atoms with Gasteiger partial charge in [-0.1, -0.05) is 42.5 Å². The number of anilines is 1. The van der Waals surface area contributed by atoms with Crippen LogP contribution >= 0.6 is 0 Å². The first-order valence-electron chi connectivity index (χ1n) is 5.84. The van der Waals surface area contributed by atoms with Crippen LogP contribution in [-0.2, 0) is 4.79 Å². The maximum Gasteiger partial charge on any atom is 0.244 e. The Morgan fingerprint density at radius 2 is 1.83 bits per heavy atom. The molecule has 0 aliphatic heterocycles. The van der Waals surface area contributed by atoms with Crippen LogP contribution in [0, 0.1) is 6.92 Å². The number of hydrogen-bond donors (Lipinski definition) is 2. The van der Waals surface area contributed by atoms with Gasteiger partial charge in [0.15, 0.2) is 0 Å². The molecule has 0 aliphatic rings. The Balaban J connectivity index is 2.25. The van der Waals surface area contributed by atoms with Gasteiger partial charge in [0.25, 0.3) is 0 Å². The number of amides is 1. The predicted molar refractivity (Wildman–Crippen MR) is 73.2 cm³/mol. The molecule has 2 aromatic rings. The molecule has 1 amide bonds. The minimum absolute atomic E-state index is 0.386. The van der Waals surface area contributed by atoms with Crippen LogP contribution in [0.3, 0.4) is 0 Å². The number of rotatable bonds is 4. The Bertz CT molecular complexity index is 537. The van der Waals surface area contributed by atoms with Gasteiger partial charge in [-0.05, 0) is 30.2 Å². The zero-order chi connectivity index (χ0) is 13.0. The Labute approximate surface area is 107 Å². The molecule has 0 spiro atoms. The standard InChI is InChI=1S/C15H16N2O/c1-11-6-5-9-13(10-11)17-14(15(16)18)12-7-3-2-4-8-12/h2-10,14,17H,1H3,(H2,16,18). The lowest BCUT2D eigenvalue weighted by molar-refractivity contribution is -0.118. The molecule has 18 heavy (non-hydrogen) atoms. The monoisotopic (exact) mass is 240 g/mol. The topological polar surface area (TPSA) is 55.1 Å². The first-order chi connectivity index (χ1) is 8.66. The lowest BCUT2D eigenvalue weighted by Crippen LogP contribution is -2.27. The molecule has 2 aromatic carbocycles. The summed E-state index contributed by atoms with van der Waals surface area (Å²) >= 11 is 0. The Hall–Kier alpha value is -2.29. The molecule has 0 heterocycles. The number of nitrogens with one attached hydrogen (secondary N) is 1. The molecule has 0 aromatic heterocycles. The van der Waals surface area contributed by atoms with Gasteiger partial charge in [0, 0.05) is 5.69 Å². The van der Waals surface area contributed by atoms with E-state index in [9.17, 15) is 4.79 Å². The average Bonchev–Trinajstić information content (AvgIpc) is 2.37. The molecule has 92 valence electrons. The normalized spacial score (nSPS) is 11.8. The van der Waals surface area contributed by atoms with Crippen molar-refractivity contribution >= 4 is 11.6 Å². The van der Waals surface area contributed by atoms with Gasteiger partial charge in [0.05, 0.1) is 0 Å². The summed E-state index contributed by atoms with van der Waals surface area (Å²) in [5.41, 5.74) is 8.35. The van der Waals surface area contributed by atoms with Crippen molar-refractivity contribution in [1.29, 1.82) is 0 Å². The third kappa shape index (κ3) is 2.88. The number of carbonyl (C=O) groups excluding carboxylic acids is 1. The smallest absolute Gasteiger partial charge is 0.244 e. The number of nitrogens with two attached hydrogens (primary N) is 1. The number of primary amides is 1. The molecule has 2 rings (SSSR count). The van der Waals surface area contributed by atoms with Gasteiger partial charge in [-0.3, -0.25) is 4.79 Å². The van der Waals surface area contributed by atoms with E-state index in [1.807, 2.05) is 61.5 Å². The molecule has 0 saturated heterocycles.